The first-order chi connectivity index (χ1) is 13.7. The molecular weight excluding hydrogens is 481 g/mol. The smallest absolute Gasteiger partial charge is 0.220 e. The van der Waals surface area contributed by atoms with E-state index in [1.165, 1.54) is 32.1 Å². The Hall–Kier alpha value is -0.610. The quantitative estimate of drug-likeness (QED) is 0.330. The predicted molar refractivity (Wildman–Crippen MR) is 128 cm³/mol. The van der Waals surface area contributed by atoms with Crippen LogP contribution >= 0.6 is 24.0 Å². The van der Waals surface area contributed by atoms with Gasteiger partial charge in [0.15, 0.2) is 5.96 Å². The predicted octanol–water partition coefficient (Wildman–Crippen LogP) is 2.06. The largest absolute Gasteiger partial charge is 0.379 e. The first-order valence-corrected chi connectivity index (χ1v) is 11.2. The topological polar surface area (TPSA) is 69.2 Å². The van der Waals surface area contributed by atoms with Gasteiger partial charge in [-0.1, -0.05) is 19.3 Å². The number of nitrogens with one attached hydrogen (secondary N) is 2. The fourth-order valence-electron chi connectivity index (χ4n) is 5.14. The molecule has 0 atom stereocenters. The second kappa shape index (κ2) is 12.3. The van der Waals surface area contributed by atoms with E-state index in [-0.39, 0.29) is 35.4 Å². The molecule has 1 amide bonds. The number of piperidine rings is 1. The molecule has 0 aromatic rings. The lowest BCUT2D eigenvalue weighted by Gasteiger charge is -2.48. The van der Waals surface area contributed by atoms with Gasteiger partial charge < -0.3 is 20.3 Å². The summed E-state index contributed by atoms with van der Waals surface area (Å²) in [6, 6.07) is 0. The number of carbonyl (C=O) groups is 1. The van der Waals surface area contributed by atoms with Crippen LogP contribution in [0.1, 0.15) is 51.4 Å². The number of guanidine groups is 1. The highest BCUT2D eigenvalue weighted by Gasteiger charge is 2.39. The van der Waals surface area contributed by atoms with E-state index in [1.807, 2.05) is 7.05 Å². The van der Waals surface area contributed by atoms with Crippen molar-refractivity contribution < 1.29 is 9.53 Å². The molecule has 0 radical (unpaired) electrons. The number of carbonyl (C=O) groups excluding carboxylic acids is 1. The standard InChI is InChI=1S/C21H39N5O2.HI/c1-22-19(27)16-18-6-10-25(11-7-18)20(23-2)24-17-21(8-4-3-5-9-21)26-12-14-28-15-13-26;/h18H,3-17H2,1-2H3,(H,22,27)(H,23,24);1H. The van der Waals surface area contributed by atoms with Crippen LogP contribution in [0.3, 0.4) is 0 Å². The maximum Gasteiger partial charge on any atom is 0.220 e. The van der Waals surface area contributed by atoms with Crippen molar-refractivity contribution in [1.82, 2.24) is 20.4 Å². The average molecular weight is 521 g/mol. The maximum atomic E-state index is 11.6. The third-order valence-corrected chi connectivity index (χ3v) is 6.92. The fourth-order valence-corrected chi connectivity index (χ4v) is 5.14. The molecule has 0 bridgehead atoms. The number of rotatable bonds is 5. The molecule has 2 N–H and O–H groups in total. The van der Waals surface area contributed by atoms with Crippen LogP contribution < -0.4 is 10.6 Å². The first-order valence-electron chi connectivity index (χ1n) is 11.2. The van der Waals surface area contributed by atoms with Crippen LogP contribution in [0.4, 0.5) is 0 Å². The van der Waals surface area contributed by atoms with E-state index >= 15 is 0 Å². The second-order valence-corrected chi connectivity index (χ2v) is 8.59. The monoisotopic (exact) mass is 521 g/mol. The van der Waals surface area contributed by atoms with Crippen molar-refractivity contribution in [3.05, 3.63) is 0 Å². The molecule has 0 unspecified atom stereocenters. The lowest BCUT2D eigenvalue weighted by Crippen LogP contribution is -2.61. The van der Waals surface area contributed by atoms with Gasteiger partial charge in [-0.3, -0.25) is 14.7 Å². The van der Waals surface area contributed by atoms with Crippen molar-refractivity contribution in [3.8, 4) is 0 Å². The molecule has 1 aliphatic carbocycles. The van der Waals surface area contributed by atoms with E-state index in [9.17, 15) is 4.79 Å². The van der Waals surface area contributed by atoms with Crippen LogP contribution in [0.5, 0.6) is 0 Å². The Morgan fingerprint density at radius 1 is 1.10 bits per heavy atom. The number of morpholine rings is 1. The van der Waals surface area contributed by atoms with Gasteiger partial charge in [0.2, 0.25) is 5.91 Å². The molecule has 29 heavy (non-hydrogen) atoms. The molecule has 168 valence electrons. The van der Waals surface area contributed by atoms with Crippen LogP contribution in [0, 0.1) is 5.92 Å². The molecule has 2 saturated heterocycles. The van der Waals surface area contributed by atoms with E-state index in [4.69, 9.17) is 4.74 Å². The van der Waals surface area contributed by atoms with E-state index in [1.54, 1.807) is 7.05 Å². The molecule has 3 rings (SSSR count). The van der Waals surface area contributed by atoms with E-state index < -0.39 is 0 Å². The number of hydrogen-bond donors (Lipinski definition) is 2. The highest BCUT2D eigenvalue weighted by molar-refractivity contribution is 14.0. The van der Waals surface area contributed by atoms with Gasteiger partial charge in [0, 0.05) is 58.8 Å². The van der Waals surface area contributed by atoms with Crippen molar-refractivity contribution in [2.45, 2.75) is 56.9 Å². The van der Waals surface area contributed by atoms with E-state index in [2.05, 4.69) is 25.4 Å². The van der Waals surface area contributed by atoms with Crippen LogP contribution in [0.25, 0.3) is 0 Å². The van der Waals surface area contributed by atoms with Crippen molar-refractivity contribution in [2.75, 3.05) is 60.0 Å². The van der Waals surface area contributed by atoms with Crippen LogP contribution in [-0.4, -0.2) is 87.2 Å². The SMILES string of the molecule is CN=C(NCC1(N2CCOCC2)CCCCC1)N1CCC(CC(=O)NC)CC1.I. The summed E-state index contributed by atoms with van der Waals surface area (Å²) in [7, 11) is 3.61. The Morgan fingerprint density at radius 2 is 1.76 bits per heavy atom. The molecule has 3 fully saturated rings. The molecule has 8 heteroatoms. The number of hydrogen-bond acceptors (Lipinski definition) is 4. The van der Waals surface area contributed by atoms with E-state index in [0.29, 0.717) is 12.3 Å². The normalized spacial score (nSPS) is 23.9. The van der Waals surface area contributed by atoms with Gasteiger partial charge >= 0.3 is 0 Å². The number of nitrogens with zero attached hydrogens (tertiary/aromatic N) is 3. The summed E-state index contributed by atoms with van der Waals surface area (Å²) in [6.07, 6.45) is 9.31. The van der Waals surface area contributed by atoms with E-state index in [0.717, 1.165) is 64.7 Å². The number of halogens is 1. The molecule has 0 aromatic heterocycles. The van der Waals surface area contributed by atoms with Gasteiger partial charge in [0.1, 0.15) is 0 Å². The molecular formula is C21H40IN5O2. The van der Waals surface area contributed by atoms with Crippen molar-refractivity contribution >= 4 is 35.8 Å². The zero-order valence-electron chi connectivity index (χ0n) is 18.3. The Morgan fingerprint density at radius 3 is 2.34 bits per heavy atom. The van der Waals surface area contributed by atoms with Crippen LogP contribution in [0.2, 0.25) is 0 Å². The lowest BCUT2D eigenvalue weighted by molar-refractivity contribution is -0.121. The first kappa shape index (κ1) is 24.7. The molecule has 0 spiro atoms. The van der Waals surface area contributed by atoms with Crippen LogP contribution in [-0.2, 0) is 9.53 Å². The molecule has 1 saturated carbocycles. The summed E-state index contributed by atoms with van der Waals surface area (Å²) in [5.41, 5.74) is 0.246. The average Bonchev–Trinajstić information content (AvgIpc) is 2.76. The van der Waals surface area contributed by atoms with Gasteiger partial charge in [-0.2, -0.15) is 0 Å². The third-order valence-electron chi connectivity index (χ3n) is 6.92. The zero-order valence-corrected chi connectivity index (χ0v) is 20.6. The summed E-state index contributed by atoms with van der Waals surface area (Å²) in [5.74, 6) is 1.68. The van der Waals surface area contributed by atoms with Crippen LogP contribution in [0.15, 0.2) is 4.99 Å². The Bertz CT molecular complexity index is 525. The fraction of sp³-hybridized carbons (Fsp3) is 0.905. The highest BCUT2D eigenvalue weighted by Crippen LogP contribution is 2.34. The number of amides is 1. The summed E-state index contributed by atoms with van der Waals surface area (Å²) in [5, 5.41) is 6.48. The summed E-state index contributed by atoms with van der Waals surface area (Å²) >= 11 is 0. The van der Waals surface area contributed by atoms with Gasteiger partial charge in [0.25, 0.3) is 0 Å². The Balaban J connectivity index is 0.00000300. The Kier molecular flexibility index (Phi) is 10.5. The molecule has 7 nitrogen and oxygen atoms in total. The third kappa shape index (κ3) is 6.69. The Labute approximate surface area is 193 Å². The maximum absolute atomic E-state index is 11.6. The molecule has 2 aliphatic heterocycles. The minimum absolute atomic E-state index is 0. The number of ether oxygens (including phenoxy) is 1. The van der Waals surface area contributed by atoms with Crippen molar-refractivity contribution in [3.63, 3.8) is 0 Å². The minimum Gasteiger partial charge on any atom is -0.379 e. The van der Waals surface area contributed by atoms with Gasteiger partial charge in [-0.05, 0) is 31.6 Å². The van der Waals surface area contributed by atoms with Gasteiger partial charge in [-0.15, -0.1) is 24.0 Å². The second-order valence-electron chi connectivity index (χ2n) is 8.59. The van der Waals surface area contributed by atoms with Crippen molar-refractivity contribution in [1.29, 1.82) is 0 Å². The number of aliphatic imine (C=N–C) groups is 1. The molecule has 3 aliphatic rings. The highest BCUT2D eigenvalue weighted by atomic mass is 127. The van der Waals surface area contributed by atoms with Gasteiger partial charge in [-0.25, -0.2) is 0 Å². The number of likely N-dealkylation sites (tertiary alicyclic amines) is 1. The summed E-state index contributed by atoms with van der Waals surface area (Å²) in [6.45, 7) is 6.73. The minimum atomic E-state index is 0. The van der Waals surface area contributed by atoms with Crippen molar-refractivity contribution in [2.24, 2.45) is 10.9 Å². The zero-order chi connectivity index (χ0) is 19.8. The lowest BCUT2D eigenvalue weighted by atomic mass is 9.79. The summed E-state index contributed by atoms with van der Waals surface area (Å²) < 4.78 is 5.60. The molecule has 2 heterocycles. The summed E-state index contributed by atoms with van der Waals surface area (Å²) in [4.78, 5) is 21.3. The molecule has 0 aromatic carbocycles. The van der Waals surface area contributed by atoms with Gasteiger partial charge in [0.05, 0.1) is 13.2 Å².